The topological polar surface area (TPSA) is 68.0 Å². The van der Waals surface area contributed by atoms with Crippen molar-refractivity contribution in [2.75, 3.05) is 5.32 Å². The van der Waals surface area contributed by atoms with Crippen LogP contribution in [0.2, 0.25) is 0 Å². The van der Waals surface area contributed by atoms with Gasteiger partial charge in [0.05, 0.1) is 0 Å². The molecule has 1 amide bonds. The molecule has 0 atom stereocenters. The van der Waals surface area contributed by atoms with Crippen molar-refractivity contribution in [1.82, 2.24) is 10.2 Å². The summed E-state index contributed by atoms with van der Waals surface area (Å²) in [5, 5.41) is 13.1. The van der Waals surface area contributed by atoms with Gasteiger partial charge in [-0.25, -0.2) is 0 Å². The number of carbonyl (C=O) groups excluding carboxylic acids is 1. The summed E-state index contributed by atoms with van der Waals surface area (Å²) < 4.78 is 5.52. The van der Waals surface area contributed by atoms with E-state index in [1.165, 1.54) is 11.3 Å². The van der Waals surface area contributed by atoms with E-state index < -0.39 is 0 Å². The predicted octanol–water partition coefficient (Wildman–Crippen LogP) is 3.88. The fourth-order valence-electron chi connectivity index (χ4n) is 1.99. The largest absolute Gasteiger partial charge is 0.451 e. The fourth-order valence-corrected chi connectivity index (χ4v) is 2.76. The summed E-state index contributed by atoms with van der Waals surface area (Å²) in [6.07, 6.45) is 3.08. The Morgan fingerprint density at radius 1 is 1.33 bits per heavy atom. The first kappa shape index (κ1) is 13.8. The molecule has 0 fully saturated rings. The lowest BCUT2D eigenvalue weighted by molar-refractivity contribution is 0.0998. The molecule has 0 aliphatic carbocycles. The molecule has 1 N–H and O–H groups in total. The van der Waals surface area contributed by atoms with Crippen LogP contribution in [0.5, 0.6) is 0 Å². The quantitative estimate of drug-likeness (QED) is 0.776. The normalized spacial score (nSPS) is 10.9. The highest BCUT2D eigenvalue weighted by Gasteiger charge is 2.14. The minimum atomic E-state index is -0.301. The summed E-state index contributed by atoms with van der Waals surface area (Å²) in [5.41, 5.74) is 0.698. The molecule has 0 aliphatic rings. The van der Waals surface area contributed by atoms with Crippen molar-refractivity contribution in [3.05, 3.63) is 41.1 Å². The number of hydrogen-bond acceptors (Lipinski definition) is 5. The first-order valence-electron chi connectivity index (χ1n) is 6.88. The zero-order valence-electron chi connectivity index (χ0n) is 11.6. The van der Waals surface area contributed by atoms with Crippen LogP contribution in [-0.2, 0) is 6.42 Å². The van der Waals surface area contributed by atoms with Crippen LogP contribution in [0, 0.1) is 0 Å². The number of hydrogen-bond donors (Lipinski definition) is 1. The van der Waals surface area contributed by atoms with E-state index in [-0.39, 0.29) is 11.7 Å². The van der Waals surface area contributed by atoms with E-state index in [9.17, 15) is 4.79 Å². The molecule has 0 saturated carbocycles. The zero-order valence-corrected chi connectivity index (χ0v) is 12.4. The number of rotatable bonds is 5. The molecule has 0 aliphatic heterocycles. The average Bonchev–Trinajstić information content (AvgIpc) is 3.11. The molecule has 3 rings (SSSR count). The third kappa shape index (κ3) is 3.11. The first-order valence-corrected chi connectivity index (χ1v) is 7.70. The van der Waals surface area contributed by atoms with Crippen LogP contribution < -0.4 is 5.32 Å². The Labute approximate surface area is 126 Å². The first-order chi connectivity index (χ1) is 10.3. The number of unbranched alkanes of at least 4 members (excludes halogenated alkanes) is 1. The minimum Gasteiger partial charge on any atom is -0.451 e. The molecule has 108 valence electrons. The van der Waals surface area contributed by atoms with E-state index in [0.717, 1.165) is 29.7 Å². The highest BCUT2D eigenvalue weighted by atomic mass is 32.1. The van der Waals surface area contributed by atoms with Crippen LogP contribution in [0.3, 0.4) is 0 Å². The molecule has 2 aromatic heterocycles. The number of nitrogens with zero attached hydrogens (tertiary/aromatic N) is 2. The SMILES string of the molecule is CCCCc1nnc(NC(=O)c2cc3ccccc3o2)s1. The molecule has 0 unspecified atom stereocenters. The van der Waals surface area contributed by atoms with E-state index in [2.05, 4.69) is 22.4 Å². The molecule has 0 saturated heterocycles. The minimum absolute atomic E-state index is 0.279. The van der Waals surface area contributed by atoms with E-state index in [1.54, 1.807) is 6.07 Å². The average molecular weight is 301 g/mol. The highest BCUT2D eigenvalue weighted by Crippen LogP contribution is 2.21. The van der Waals surface area contributed by atoms with Crippen molar-refractivity contribution in [2.24, 2.45) is 0 Å². The van der Waals surface area contributed by atoms with Gasteiger partial charge in [-0.1, -0.05) is 42.9 Å². The third-order valence-corrected chi connectivity index (χ3v) is 3.98. The van der Waals surface area contributed by atoms with Crippen molar-refractivity contribution in [1.29, 1.82) is 0 Å². The summed E-state index contributed by atoms with van der Waals surface area (Å²) in [6.45, 7) is 2.13. The standard InChI is InChI=1S/C15H15N3O2S/c1-2-3-8-13-17-18-15(21-13)16-14(19)12-9-10-6-4-5-7-11(10)20-12/h4-7,9H,2-3,8H2,1H3,(H,16,18,19). The number of amides is 1. The molecular formula is C15H15N3O2S. The van der Waals surface area contributed by atoms with Crippen molar-refractivity contribution < 1.29 is 9.21 Å². The number of aromatic nitrogens is 2. The van der Waals surface area contributed by atoms with E-state index in [1.807, 2.05) is 24.3 Å². The summed E-state index contributed by atoms with van der Waals surface area (Å²) in [4.78, 5) is 12.1. The number of anilines is 1. The Bertz CT molecular complexity index is 730. The van der Waals surface area contributed by atoms with Crippen LogP contribution in [0.15, 0.2) is 34.7 Å². The van der Waals surface area contributed by atoms with Gasteiger partial charge in [-0.15, -0.1) is 10.2 Å². The summed E-state index contributed by atoms with van der Waals surface area (Å²) in [7, 11) is 0. The maximum Gasteiger partial charge on any atom is 0.293 e. The Morgan fingerprint density at radius 2 is 2.19 bits per heavy atom. The molecule has 3 aromatic rings. The Kier molecular flexibility index (Phi) is 3.96. The van der Waals surface area contributed by atoms with E-state index in [4.69, 9.17) is 4.42 Å². The van der Waals surface area contributed by atoms with Gasteiger partial charge in [-0.05, 0) is 18.6 Å². The lowest BCUT2D eigenvalue weighted by Gasteiger charge is -1.96. The summed E-state index contributed by atoms with van der Waals surface area (Å²) in [5.74, 6) is -0.0223. The van der Waals surface area contributed by atoms with E-state index in [0.29, 0.717) is 10.7 Å². The lowest BCUT2D eigenvalue weighted by Crippen LogP contribution is -2.10. The molecule has 0 spiro atoms. The van der Waals surface area contributed by atoms with Crippen LogP contribution in [-0.4, -0.2) is 16.1 Å². The second-order valence-corrected chi connectivity index (χ2v) is 5.77. The number of fused-ring (bicyclic) bond motifs is 1. The van der Waals surface area contributed by atoms with Crippen LogP contribution in [0.1, 0.15) is 35.3 Å². The number of carbonyl (C=O) groups is 1. The summed E-state index contributed by atoms with van der Waals surface area (Å²) in [6, 6.07) is 9.25. The van der Waals surface area contributed by atoms with Gasteiger partial charge in [0.15, 0.2) is 5.76 Å². The zero-order chi connectivity index (χ0) is 14.7. The molecular weight excluding hydrogens is 286 g/mol. The second kappa shape index (κ2) is 6.05. The number of benzene rings is 1. The van der Waals surface area contributed by atoms with Gasteiger partial charge in [0.2, 0.25) is 5.13 Å². The van der Waals surface area contributed by atoms with Gasteiger partial charge < -0.3 is 4.42 Å². The van der Waals surface area contributed by atoms with Gasteiger partial charge in [0.1, 0.15) is 10.6 Å². The maximum atomic E-state index is 12.1. The monoisotopic (exact) mass is 301 g/mol. The molecule has 21 heavy (non-hydrogen) atoms. The van der Waals surface area contributed by atoms with Gasteiger partial charge in [0.25, 0.3) is 5.91 Å². The number of furan rings is 1. The van der Waals surface area contributed by atoms with E-state index >= 15 is 0 Å². The number of nitrogens with one attached hydrogen (secondary N) is 1. The Morgan fingerprint density at radius 3 is 3.00 bits per heavy atom. The maximum absolute atomic E-state index is 12.1. The van der Waals surface area contributed by atoms with Gasteiger partial charge in [-0.3, -0.25) is 10.1 Å². The highest BCUT2D eigenvalue weighted by molar-refractivity contribution is 7.15. The molecule has 2 heterocycles. The molecule has 0 bridgehead atoms. The van der Waals surface area contributed by atoms with Crippen molar-refractivity contribution in [3.63, 3.8) is 0 Å². The van der Waals surface area contributed by atoms with Gasteiger partial charge in [0, 0.05) is 11.8 Å². The van der Waals surface area contributed by atoms with Crippen molar-refractivity contribution in [3.8, 4) is 0 Å². The predicted molar refractivity (Wildman–Crippen MR) is 82.7 cm³/mol. The van der Waals surface area contributed by atoms with Crippen LogP contribution >= 0.6 is 11.3 Å². The molecule has 1 aromatic carbocycles. The van der Waals surface area contributed by atoms with Gasteiger partial charge >= 0.3 is 0 Å². The molecule has 0 radical (unpaired) electrons. The smallest absolute Gasteiger partial charge is 0.293 e. The fraction of sp³-hybridized carbons (Fsp3) is 0.267. The molecule has 6 heteroatoms. The van der Waals surface area contributed by atoms with Crippen molar-refractivity contribution in [2.45, 2.75) is 26.2 Å². The van der Waals surface area contributed by atoms with Crippen molar-refractivity contribution >= 4 is 33.3 Å². The number of para-hydroxylation sites is 1. The Balaban J connectivity index is 1.72. The second-order valence-electron chi connectivity index (χ2n) is 4.71. The van der Waals surface area contributed by atoms with Crippen LogP contribution in [0.25, 0.3) is 11.0 Å². The third-order valence-electron chi connectivity index (χ3n) is 3.08. The number of aryl methyl sites for hydroxylation is 1. The Hall–Kier alpha value is -2.21. The lowest BCUT2D eigenvalue weighted by atomic mass is 10.2. The summed E-state index contributed by atoms with van der Waals surface area (Å²) >= 11 is 1.41. The van der Waals surface area contributed by atoms with Gasteiger partial charge in [-0.2, -0.15) is 0 Å². The van der Waals surface area contributed by atoms with Crippen LogP contribution in [0.4, 0.5) is 5.13 Å². The molecule has 5 nitrogen and oxygen atoms in total.